The smallest absolute Gasteiger partial charge is 0.252 e. The fourth-order valence-corrected chi connectivity index (χ4v) is 2.27. The van der Waals surface area contributed by atoms with Crippen molar-refractivity contribution in [3.05, 3.63) is 70.2 Å². The minimum atomic E-state index is -0.402. The zero-order chi connectivity index (χ0) is 13.7. The molecule has 2 N–H and O–H groups in total. The quantitative estimate of drug-likeness (QED) is 0.910. The number of hydrogen-bond acceptors (Lipinski definition) is 2. The van der Waals surface area contributed by atoms with Crippen molar-refractivity contribution < 1.29 is 9.90 Å². The molecule has 0 spiro atoms. The van der Waals surface area contributed by atoms with E-state index in [2.05, 4.69) is 21.2 Å². The van der Waals surface area contributed by atoms with Gasteiger partial charge < -0.3 is 10.4 Å². The van der Waals surface area contributed by atoms with Crippen LogP contribution in [0, 0.1) is 0 Å². The number of rotatable bonds is 4. The summed E-state index contributed by atoms with van der Waals surface area (Å²) >= 11 is 3.34. The first-order chi connectivity index (χ1) is 9.22. The molecule has 0 aliphatic rings. The van der Waals surface area contributed by atoms with Crippen LogP contribution in [0.25, 0.3) is 0 Å². The third-order valence-corrected chi connectivity index (χ3v) is 3.50. The molecule has 0 bridgehead atoms. The van der Waals surface area contributed by atoms with E-state index < -0.39 is 6.04 Å². The Morgan fingerprint density at radius 3 is 2.37 bits per heavy atom. The monoisotopic (exact) mass is 319 g/mol. The topological polar surface area (TPSA) is 49.3 Å². The Hall–Kier alpha value is -1.65. The molecule has 2 rings (SSSR count). The molecule has 3 nitrogen and oxygen atoms in total. The van der Waals surface area contributed by atoms with Crippen LogP contribution in [0.15, 0.2) is 59.1 Å². The van der Waals surface area contributed by atoms with Crippen molar-refractivity contribution in [2.24, 2.45) is 0 Å². The Labute approximate surface area is 120 Å². The summed E-state index contributed by atoms with van der Waals surface area (Å²) in [6, 6.07) is 16.2. The second kappa shape index (κ2) is 6.50. The molecule has 0 unspecified atom stereocenters. The van der Waals surface area contributed by atoms with Gasteiger partial charge in [0.2, 0.25) is 0 Å². The highest BCUT2D eigenvalue weighted by molar-refractivity contribution is 9.10. The van der Waals surface area contributed by atoms with Gasteiger partial charge in [-0.2, -0.15) is 0 Å². The van der Waals surface area contributed by atoms with E-state index in [1.54, 1.807) is 12.1 Å². The van der Waals surface area contributed by atoms with Crippen LogP contribution in [0.2, 0.25) is 0 Å². The summed E-state index contributed by atoms with van der Waals surface area (Å²) in [6.07, 6.45) is 0. The van der Waals surface area contributed by atoms with Gasteiger partial charge in [-0.15, -0.1) is 0 Å². The summed E-state index contributed by atoms with van der Waals surface area (Å²) in [5, 5.41) is 12.2. The number of aliphatic hydroxyl groups is 1. The molecular formula is C15H14BrNO2. The molecule has 0 aromatic heterocycles. The highest BCUT2D eigenvalue weighted by Gasteiger charge is 2.16. The summed E-state index contributed by atoms with van der Waals surface area (Å²) in [4.78, 5) is 12.2. The van der Waals surface area contributed by atoms with Gasteiger partial charge in [-0.05, 0) is 33.6 Å². The molecule has 0 radical (unpaired) electrons. The number of amides is 1. The van der Waals surface area contributed by atoms with Gasteiger partial charge in [0.1, 0.15) is 0 Å². The predicted octanol–water partition coefficient (Wildman–Crippen LogP) is 2.91. The molecule has 2 aromatic carbocycles. The molecule has 0 saturated heterocycles. The fourth-order valence-electron chi connectivity index (χ4n) is 1.80. The summed E-state index contributed by atoms with van der Waals surface area (Å²) < 4.78 is 0.734. The van der Waals surface area contributed by atoms with Crippen LogP contribution in [0.5, 0.6) is 0 Å². The maximum absolute atomic E-state index is 12.2. The molecular weight excluding hydrogens is 306 g/mol. The lowest BCUT2D eigenvalue weighted by atomic mass is 10.1. The molecule has 2 aromatic rings. The molecule has 0 saturated carbocycles. The minimum absolute atomic E-state index is 0.139. The second-order valence-electron chi connectivity index (χ2n) is 4.10. The van der Waals surface area contributed by atoms with Crippen molar-refractivity contribution in [2.45, 2.75) is 6.04 Å². The average Bonchev–Trinajstić information content (AvgIpc) is 2.46. The number of hydrogen-bond donors (Lipinski definition) is 2. The number of nitrogens with one attached hydrogen (secondary N) is 1. The normalized spacial score (nSPS) is 11.9. The summed E-state index contributed by atoms with van der Waals surface area (Å²) in [6.45, 7) is -0.139. The van der Waals surface area contributed by atoms with Crippen molar-refractivity contribution >= 4 is 21.8 Å². The number of carbonyl (C=O) groups excluding carboxylic acids is 1. The molecule has 1 amide bonds. The molecule has 0 heterocycles. The predicted molar refractivity (Wildman–Crippen MR) is 77.9 cm³/mol. The molecule has 0 aliphatic heterocycles. The van der Waals surface area contributed by atoms with Crippen LogP contribution in [0.3, 0.4) is 0 Å². The van der Waals surface area contributed by atoms with Gasteiger partial charge in [-0.3, -0.25) is 4.79 Å². The van der Waals surface area contributed by atoms with Gasteiger partial charge in [0.05, 0.1) is 18.2 Å². The van der Waals surface area contributed by atoms with Crippen molar-refractivity contribution in [2.75, 3.05) is 6.61 Å². The van der Waals surface area contributed by atoms with Gasteiger partial charge in [-0.25, -0.2) is 0 Å². The summed E-state index contributed by atoms with van der Waals surface area (Å²) in [7, 11) is 0. The number of carbonyl (C=O) groups is 1. The van der Waals surface area contributed by atoms with E-state index in [1.807, 2.05) is 42.5 Å². The first-order valence-corrected chi connectivity index (χ1v) is 6.73. The Bertz CT molecular complexity index is 557. The fraction of sp³-hybridized carbons (Fsp3) is 0.133. The van der Waals surface area contributed by atoms with Crippen molar-refractivity contribution in [3.8, 4) is 0 Å². The zero-order valence-electron chi connectivity index (χ0n) is 10.2. The lowest BCUT2D eigenvalue weighted by molar-refractivity contribution is 0.0915. The SMILES string of the molecule is O=C(N[C@H](CO)c1ccccc1)c1ccccc1Br. The summed E-state index contributed by atoms with van der Waals surface area (Å²) in [5.74, 6) is -0.213. The molecule has 19 heavy (non-hydrogen) atoms. The van der Waals surface area contributed by atoms with Gasteiger partial charge in [0, 0.05) is 4.47 Å². The molecule has 4 heteroatoms. The first kappa shape index (κ1) is 13.8. The van der Waals surface area contributed by atoms with E-state index in [9.17, 15) is 9.90 Å². The summed E-state index contributed by atoms with van der Waals surface area (Å²) in [5.41, 5.74) is 1.43. The largest absolute Gasteiger partial charge is 0.394 e. The lowest BCUT2D eigenvalue weighted by Crippen LogP contribution is -2.30. The van der Waals surface area contributed by atoms with E-state index in [4.69, 9.17) is 0 Å². The molecule has 0 aliphatic carbocycles. The van der Waals surface area contributed by atoms with E-state index in [1.165, 1.54) is 0 Å². The van der Waals surface area contributed by atoms with Crippen LogP contribution >= 0.6 is 15.9 Å². The lowest BCUT2D eigenvalue weighted by Gasteiger charge is -2.17. The third-order valence-electron chi connectivity index (χ3n) is 2.81. The molecule has 1 atom stereocenters. The number of halogens is 1. The number of aliphatic hydroxyl groups excluding tert-OH is 1. The Morgan fingerprint density at radius 2 is 1.74 bits per heavy atom. The third kappa shape index (κ3) is 3.43. The van der Waals surface area contributed by atoms with Crippen LogP contribution in [0.1, 0.15) is 22.0 Å². The minimum Gasteiger partial charge on any atom is -0.394 e. The molecule has 98 valence electrons. The highest BCUT2D eigenvalue weighted by Crippen LogP contribution is 2.18. The van der Waals surface area contributed by atoms with Gasteiger partial charge in [0.15, 0.2) is 0 Å². The highest BCUT2D eigenvalue weighted by atomic mass is 79.9. The maximum atomic E-state index is 12.2. The van der Waals surface area contributed by atoms with Crippen molar-refractivity contribution in [1.82, 2.24) is 5.32 Å². The zero-order valence-corrected chi connectivity index (χ0v) is 11.8. The van der Waals surface area contributed by atoms with Crippen LogP contribution < -0.4 is 5.32 Å². The Balaban J connectivity index is 2.16. The Morgan fingerprint density at radius 1 is 1.11 bits per heavy atom. The van der Waals surface area contributed by atoms with Gasteiger partial charge in [-0.1, -0.05) is 42.5 Å². The van der Waals surface area contributed by atoms with Crippen LogP contribution in [-0.2, 0) is 0 Å². The first-order valence-electron chi connectivity index (χ1n) is 5.93. The van der Waals surface area contributed by atoms with E-state index in [0.29, 0.717) is 5.56 Å². The van der Waals surface area contributed by atoms with Crippen molar-refractivity contribution in [1.29, 1.82) is 0 Å². The van der Waals surface area contributed by atoms with Crippen LogP contribution in [-0.4, -0.2) is 17.6 Å². The van der Waals surface area contributed by atoms with Crippen molar-refractivity contribution in [3.63, 3.8) is 0 Å². The second-order valence-corrected chi connectivity index (χ2v) is 4.95. The Kier molecular flexibility index (Phi) is 4.71. The average molecular weight is 320 g/mol. The van der Waals surface area contributed by atoms with Gasteiger partial charge in [0.25, 0.3) is 5.91 Å². The van der Waals surface area contributed by atoms with E-state index in [0.717, 1.165) is 10.0 Å². The maximum Gasteiger partial charge on any atom is 0.252 e. The van der Waals surface area contributed by atoms with Crippen LogP contribution in [0.4, 0.5) is 0 Å². The standard InChI is InChI=1S/C15H14BrNO2/c16-13-9-5-4-8-12(13)15(19)17-14(10-18)11-6-2-1-3-7-11/h1-9,14,18H,10H2,(H,17,19)/t14-/m1/s1. The van der Waals surface area contributed by atoms with E-state index >= 15 is 0 Å². The number of benzene rings is 2. The van der Waals surface area contributed by atoms with E-state index in [-0.39, 0.29) is 12.5 Å². The van der Waals surface area contributed by atoms with Gasteiger partial charge >= 0.3 is 0 Å². The molecule has 0 fully saturated rings.